The van der Waals surface area contributed by atoms with Crippen LogP contribution in [0.4, 0.5) is 27.6 Å². The van der Waals surface area contributed by atoms with Crippen molar-refractivity contribution >= 4 is 22.6 Å². The van der Waals surface area contributed by atoms with Crippen LogP contribution in [0.5, 0.6) is 0 Å². The number of fused-ring (bicyclic) bond motifs is 1. The summed E-state index contributed by atoms with van der Waals surface area (Å²) in [5.41, 5.74) is -2.28. The van der Waals surface area contributed by atoms with Crippen LogP contribution in [0.25, 0.3) is 11.0 Å². The van der Waals surface area contributed by atoms with E-state index in [9.17, 15) is 31.5 Å². The molecule has 0 aliphatic heterocycles. The number of aromatic nitrogens is 2. The fraction of sp³-hybridized carbons (Fsp3) is 0.211. The summed E-state index contributed by atoms with van der Waals surface area (Å²) in [4.78, 5) is 28.1. The van der Waals surface area contributed by atoms with Crippen LogP contribution in [-0.4, -0.2) is 15.5 Å². The van der Waals surface area contributed by atoms with Gasteiger partial charge in [-0.15, -0.1) is 0 Å². The first-order chi connectivity index (χ1) is 13.5. The summed E-state index contributed by atoms with van der Waals surface area (Å²) in [5.74, 6) is -2.89. The average Bonchev–Trinajstić information content (AvgIpc) is 2.60. The van der Waals surface area contributed by atoms with Crippen LogP contribution >= 0.6 is 0 Å². The molecule has 0 atom stereocenters. The molecule has 1 N–H and O–H groups in total. The lowest BCUT2D eigenvalue weighted by atomic mass is 10.1. The standard InChI is InChI=1S/C19H14F5N3O2/c1-9-5-14-15(6-10(9)2)27(18(29)17(26-14)19(22,23)24)8-16(28)25-13-4-3-11(20)7-12(13)21/h3-7H,8H2,1-2H3,(H,25,28). The maximum Gasteiger partial charge on any atom is 0.438 e. The van der Waals surface area contributed by atoms with Crippen LogP contribution in [0.3, 0.4) is 0 Å². The first-order valence-corrected chi connectivity index (χ1v) is 8.31. The molecule has 5 nitrogen and oxygen atoms in total. The lowest BCUT2D eigenvalue weighted by Crippen LogP contribution is -2.34. The van der Waals surface area contributed by atoms with E-state index in [1.54, 1.807) is 13.8 Å². The Hall–Kier alpha value is -3.30. The Bertz CT molecular complexity index is 1190. The highest BCUT2D eigenvalue weighted by atomic mass is 19.4. The highest BCUT2D eigenvalue weighted by Crippen LogP contribution is 2.27. The summed E-state index contributed by atoms with van der Waals surface area (Å²) in [5, 5.41) is 2.12. The number of nitrogens with zero attached hydrogens (tertiary/aromatic N) is 2. The van der Waals surface area contributed by atoms with Crippen molar-refractivity contribution in [3.63, 3.8) is 0 Å². The molecular weight excluding hydrogens is 397 g/mol. The van der Waals surface area contributed by atoms with Gasteiger partial charge in [-0.3, -0.25) is 14.2 Å². The Morgan fingerprint density at radius 1 is 1.10 bits per heavy atom. The zero-order valence-corrected chi connectivity index (χ0v) is 15.2. The third-order valence-corrected chi connectivity index (χ3v) is 4.34. The second kappa shape index (κ2) is 7.26. The van der Waals surface area contributed by atoms with E-state index in [0.29, 0.717) is 21.8 Å². The summed E-state index contributed by atoms with van der Waals surface area (Å²) in [7, 11) is 0. The number of hydrogen-bond donors (Lipinski definition) is 1. The Labute approximate surface area is 160 Å². The molecule has 0 spiro atoms. The normalized spacial score (nSPS) is 11.7. The third-order valence-electron chi connectivity index (χ3n) is 4.34. The van der Waals surface area contributed by atoms with Crippen molar-refractivity contribution in [1.29, 1.82) is 0 Å². The number of nitrogens with one attached hydrogen (secondary N) is 1. The average molecular weight is 411 g/mol. The number of anilines is 1. The third kappa shape index (κ3) is 4.10. The molecule has 3 rings (SSSR count). The molecule has 0 saturated carbocycles. The molecule has 0 aliphatic rings. The monoisotopic (exact) mass is 411 g/mol. The van der Waals surface area contributed by atoms with Gasteiger partial charge >= 0.3 is 6.18 Å². The molecule has 1 aromatic heterocycles. The van der Waals surface area contributed by atoms with Gasteiger partial charge in [0.25, 0.3) is 5.56 Å². The number of hydrogen-bond acceptors (Lipinski definition) is 3. The highest BCUT2D eigenvalue weighted by Gasteiger charge is 2.37. The number of halogens is 5. The van der Waals surface area contributed by atoms with Crippen molar-refractivity contribution in [2.45, 2.75) is 26.6 Å². The topological polar surface area (TPSA) is 64.0 Å². The van der Waals surface area contributed by atoms with Crippen molar-refractivity contribution in [3.8, 4) is 0 Å². The van der Waals surface area contributed by atoms with Gasteiger partial charge in [-0.1, -0.05) is 0 Å². The van der Waals surface area contributed by atoms with Gasteiger partial charge in [0.1, 0.15) is 18.2 Å². The smallest absolute Gasteiger partial charge is 0.322 e. The molecule has 0 radical (unpaired) electrons. The highest BCUT2D eigenvalue weighted by molar-refractivity contribution is 5.91. The van der Waals surface area contributed by atoms with Gasteiger partial charge in [-0.05, 0) is 49.2 Å². The first kappa shape index (κ1) is 20.4. The largest absolute Gasteiger partial charge is 0.438 e. The maximum absolute atomic E-state index is 13.7. The second-order valence-electron chi connectivity index (χ2n) is 6.45. The van der Waals surface area contributed by atoms with Crippen molar-refractivity contribution < 1.29 is 26.7 Å². The summed E-state index contributed by atoms with van der Waals surface area (Å²) in [6, 6.07) is 5.24. The van der Waals surface area contributed by atoms with Gasteiger partial charge < -0.3 is 5.32 Å². The van der Waals surface area contributed by atoms with E-state index in [2.05, 4.69) is 10.3 Å². The number of amides is 1. The fourth-order valence-electron chi connectivity index (χ4n) is 2.76. The van der Waals surface area contributed by atoms with Crippen LogP contribution in [-0.2, 0) is 17.5 Å². The number of aryl methyl sites for hydroxylation is 2. The minimum Gasteiger partial charge on any atom is -0.322 e. The van der Waals surface area contributed by atoms with Crippen LogP contribution in [0.1, 0.15) is 16.8 Å². The summed E-state index contributed by atoms with van der Waals surface area (Å²) < 4.78 is 67.1. The molecular formula is C19H14F5N3O2. The van der Waals surface area contributed by atoms with Gasteiger partial charge in [0.15, 0.2) is 0 Å². The predicted molar refractivity (Wildman–Crippen MR) is 95.5 cm³/mol. The number of carbonyl (C=O) groups excluding carboxylic acids is 1. The minimum absolute atomic E-state index is 0.0285. The van der Waals surface area contributed by atoms with E-state index in [0.717, 1.165) is 12.1 Å². The molecule has 0 bridgehead atoms. The van der Waals surface area contributed by atoms with Gasteiger partial charge in [0, 0.05) is 6.07 Å². The van der Waals surface area contributed by atoms with Gasteiger partial charge in [-0.25, -0.2) is 13.8 Å². The van der Waals surface area contributed by atoms with E-state index in [1.807, 2.05) is 0 Å². The summed E-state index contributed by atoms with van der Waals surface area (Å²) in [6.45, 7) is 2.54. The number of carbonyl (C=O) groups is 1. The molecule has 0 fully saturated rings. The first-order valence-electron chi connectivity index (χ1n) is 8.31. The van der Waals surface area contributed by atoms with Crippen molar-refractivity contribution in [1.82, 2.24) is 9.55 Å². The fourth-order valence-corrected chi connectivity index (χ4v) is 2.76. The molecule has 0 unspecified atom stereocenters. The van der Waals surface area contributed by atoms with Gasteiger partial charge in [0.05, 0.1) is 16.7 Å². The molecule has 1 amide bonds. The van der Waals surface area contributed by atoms with E-state index < -0.39 is 41.5 Å². The molecule has 2 aromatic carbocycles. The lowest BCUT2D eigenvalue weighted by molar-refractivity contribution is -0.142. The van der Waals surface area contributed by atoms with Crippen molar-refractivity contribution in [2.24, 2.45) is 0 Å². The zero-order chi connectivity index (χ0) is 21.5. The minimum atomic E-state index is -5.02. The van der Waals surface area contributed by atoms with E-state index in [1.165, 1.54) is 12.1 Å². The number of rotatable bonds is 3. The Morgan fingerprint density at radius 3 is 2.38 bits per heavy atom. The Kier molecular flexibility index (Phi) is 5.12. The molecule has 10 heteroatoms. The zero-order valence-electron chi connectivity index (χ0n) is 15.2. The number of benzene rings is 2. The quantitative estimate of drug-likeness (QED) is 0.664. The molecule has 29 heavy (non-hydrogen) atoms. The van der Waals surface area contributed by atoms with E-state index in [-0.39, 0.29) is 16.7 Å². The second-order valence-corrected chi connectivity index (χ2v) is 6.45. The predicted octanol–water partition coefficient (Wildman–Crippen LogP) is 3.95. The van der Waals surface area contributed by atoms with Crippen LogP contribution in [0.15, 0.2) is 35.1 Å². The van der Waals surface area contributed by atoms with E-state index >= 15 is 0 Å². The summed E-state index contributed by atoms with van der Waals surface area (Å²) in [6.07, 6.45) is -5.02. The SMILES string of the molecule is Cc1cc2nc(C(F)(F)F)c(=O)n(CC(=O)Nc3ccc(F)cc3F)c2cc1C. The lowest BCUT2D eigenvalue weighted by Gasteiger charge is -2.15. The molecule has 1 heterocycles. The molecule has 3 aromatic rings. The molecule has 152 valence electrons. The van der Waals surface area contributed by atoms with Crippen LogP contribution in [0.2, 0.25) is 0 Å². The summed E-state index contributed by atoms with van der Waals surface area (Å²) >= 11 is 0. The van der Waals surface area contributed by atoms with E-state index in [4.69, 9.17) is 0 Å². The van der Waals surface area contributed by atoms with Crippen molar-refractivity contribution in [3.05, 3.63) is 69.1 Å². The number of alkyl halides is 3. The molecule has 0 saturated heterocycles. The van der Waals surface area contributed by atoms with Crippen LogP contribution in [0, 0.1) is 25.5 Å². The Balaban J connectivity index is 2.09. The van der Waals surface area contributed by atoms with Crippen LogP contribution < -0.4 is 10.9 Å². The van der Waals surface area contributed by atoms with Gasteiger partial charge in [-0.2, -0.15) is 13.2 Å². The molecule has 0 aliphatic carbocycles. The maximum atomic E-state index is 13.7. The Morgan fingerprint density at radius 2 is 1.76 bits per heavy atom. The van der Waals surface area contributed by atoms with Crippen molar-refractivity contribution in [2.75, 3.05) is 5.32 Å². The van der Waals surface area contributed by atoms with Gasteiger partial charge in [0.2, 0.25) is 11.6 Å².